The van der Waals surface area contributed by atoms with Gasteiger partial charge in [0.2, 0.25) is 0 Å². The Labute approximate surface area is 135 Å². The van der Waals surface area contributed by atoms with E-state index in [1.165, 1.54) is 11.1 Å². The van der Waals surface area contributed by atoms with Crippen molar-refractivity contribution in [3.8, 4) is 0 Å². The molecular formula is C17H28N2O2S. The van der Waals surface area contributed by atoms with E-state index < -0.39 is 9.84 Å². The van der Waals surface area contributed by atoms with Gasteiger partial charge in [-0.2, -0.15) is 0 Å². The van der Waals surface area contributed by atoms with Crippen LogP contribution < -0.4 is 0 Å². The van der Waals surface area contributed by atoms with E-state index in [1.54, 1.807) is 0 Å². The second kappa shape index (κ2) is 7.11. The van der Waals surface area contributed by atoms with Gasteiger partial charge in [0.25, 0.3) is 0 Å². The zero-order valence-electron chi connectivity index (χ0n) is 14.1. The minimum atomic E-state index is -2.78. The standard InChI is InChI=1S/C17H28N2O2S/c1-14(18(2)3)16-7-5-6-15(12-16)13-19(4)17-8-10-22(20,21)11-9-17/h5-7,12,14,17H,8-11,13H2,1-4H3. The molecule has 0 radical (unpaired) electrons. The van der Waals surface area contributed by atoms with Crippen LogP contribution >= 0.6 is 0 Å². The largest absolute Gasteiger partial charge is 0.303 e. The van der Waals surface area contributed by atoms with E-state index in [-0.39, 0.29) is 0 Å². The Hall–Kier alpha value is -0.910. The van der Waals surface area contributed by atoms with Crippen molar-refractivity contribution < 1.29 is 8.42 Å². The van der Waals surface area contributed by atoms with Gasteiger partial charge in [-0.3, -0.25) is 4.90 Å². The first kappa shape index (κ1) is 17.4. The van der Waals surface area contributed by atoms with Gasteiger partial charge in [0, 0.05) is 18.6 Å². The highest BCUT2D eigenvalue weighted by Gasteiger charge is 2.26. The third kappa shape index (κ3) is 4.54. The molecule has 0 bridgehead atoms. The Balaban J connectivity index is 2.00. The van der Waals surface area contributed by atoms with Crippen LogP contribution in [0.4, 0.5) is 0 Å². The second-order valence-electron chi connectivity index (χ2n) is 6.68. The Bertz CT molecular complexity index is 584. The molecule has 1 fully saturated rings. The average Bonchev–Trinajstić information content (AvgIpc) is 2.46. The zero-order valence-corrected chi connectivity index (χ0v) is 14.9. The van der Waals surface area contributed by atoms with Crippen molar-refractivity contribution in [2.24, 2.45) is 0 Å². The van der Waals surface area contributed by atoms with Crippen molar-refractivity contribution in [1.29, 1.82) is 0 Å². The minimum Gasteiger partial charge on any atom is -0.303 e. The van der Waals surface area contributed by atoms with E-state index >= 15 is 0 Å². The predicted octanol–water partition coefficient (Wildman–Crippen LogP) is 2.32. The topological polar surface area (TPSA) is 40.6 Å². The highest BCUT2D eigenvalue weighted by molar-refractivity contribution is 7.91. The van der Waals surface area contributed by atoms with Gasteiger partial charge < -0.3 is 4.90 Å². The highest BCUT2D eigenvalue weighted by atomic mass is 32.2. The van der Waals surface area contributed by atoms with Gasteiger partial charge in [-0.25, -0.2) is 8.42 Å². The SMILES string of the molecule is CC(c1cccc(CN(C)C2CCS(=O)(=O)CC2)c1)N(C)C. The number of sulfone groups is 1. The van der Waals surface area contributed by atoms with Crippen LogP contribution in [0.2, 0.25) is 0 Å². The van der Waals surface area contributed by atoms with Gasteiger partial charge in [0.1, 0.15) is 9.84 Å². The molecule has 0 aliphatic carbocycles. The Morgan fingerprint density at radius 1 is 1.18 bits per heavy atom. The number of benzene rings is 1. The molecule has 1 atom stereocenters. The van der Waals surface area contributed by atoms with Crippen molar-refractivity contribution in [2.45, 2.75) is 38.4 Å². The maximum absolute atomic E-state index is 11.5. The summed E-state index contributed by atoms with van der Waals surface area (Å²) in [5.41, 5.74) is 2.62. The monoisotopic (exact) mass is 324 g/mol. The Morgan fingerprint density at radius 3 is 2.41 bits per heavy atom. The van der Waals surface area contributed by atoms with Crippen molar-refractivity contribution >= 4 is 9.84 Å². The van der Waals surface area contributed by atoms with E-state index in [1.807, 2.05) is 0 Å². The fraction of sp³-hybridized carbons (Fsp3) is 0.647. The number of hydrogen-bond acceptors (Lipinski definition) is 4. The van der Waals surface area contributed by atoms with Crippen LogP contribution in [0.1, 0.15) is 36.9 Å². The lowest BCUT2D eigenvalue weighted by atomic mass is 10.0. The summed E-state index contributed by atoms with van der Waals surface area (Å²) in [6.45, 7) is 3.08. The van der Waals surface area contributed by atoms with Crippen LogP contribution in [-0.4, -0.2) is 56.9 Å². The Morgan fingerprint density at radius 2 is 1.82 bits per heavy atom. The van der Waals surface area contributed by atoms with E-state index in [0.717, 1.165) is 19.4 Å². The summed E-state index contributed by atoms with van der Waals surface area (Å²) >= 11 is 0. The molecule has 4 nitrogen and oxygen atoms in total. The van der Waals surface area contributed by atoms with Crippen molar-refractivity contribution in [3.63, 3.8) is 0 Å². The van der Waals surface area contributed by atoms with Crippen LogP contribution in [0.3, 0.4) is 0 Å². The van der Waals surface area contributed by atoms with Crippen molar-refractivity contribution in [3.05, 3.63) is 35.4 Å². The third-order valence-corrected chi connectivity index (χ3v) is 6.50. The molecule has 0 amide bonds. The van der Waals surface area contributed by atoms with Crippen molar-refractivity contribution in [2.75, 3.05) is 32.6 Å². The zero-order chi connectivity index (χ0) is 16.3. The molecule has 0 saturated carbocycles. The number of hydrogen-bond donors (Lipinski definition) is 0. The summed E-state index contributed by atoms with van der Waals surface area (Å²) < 4.78 is 23.1. The lowest BCUT2D eigenvalue weighted by Gasteiger charge is -2.31. The Kier molecular flexibility index (Phi) is 5.64. The molecule has 0 aromatic heterocycles. The number of nitrogens with zero attached hydrogens (tertiary/aromatic N) is 2. The average molecular weight is 324 g/mol. The summed E-state index contributed by atoms with van der Waals surface area (Å²) in [7, 11) is 3.50. The van der Waals surface area contributed by atoms with Crippen molar-refractivity contribution in [1.82, 2.24) is 9.80 Å². The summed E-state index contributed by atoms with van der Waals surface area (Å²) in [5, 5.41) is 0. The van der Waals surface area contributed by atoms with Crippen LogP contribution in [0.25, 0.3) is 0 Å². The van der Waals surface area contributed by atoms with Crippen LogP contribution in [-0.2, 0) is 16.4 Å². The molecular weight excluding hydrogens is 296 g/mol. The van der Waals surface area contributed by atoms with E-state index in [4.69, 9.17) is 0 Å². The first-order chi connectivity index (χ1) is 10.3. The van der Waals surface area contributed by atoms with Crippen LogP contribution in [0, 0.1) is 0 Å². The smallest absolute Gasteiger partial charge is 0.150 e. The molecule has 0 spiro atoms. The molecule has 1 aliphatic rings. The fourth-order valence-electron chi connectivity index (χ4n) is 2.98. The fourth-order valence-corrected chi connectivity index (χ4v) is 4.45. The molecule has 1 aliphatic heterocycles. The summed E-state index contributed by atoms with van der Waals surface area (Å²) in [4.78, 5) is 4.50. The number of rotatable bonds is 5. The summed E-state index contributed by atoms with van der Waals surface area (Å²) in [6, 6.07) is 9.47. The van der Waals surface area contributed by atoms with Gasteiger partial charge in [-0.1, -0.05) is 24.3 Å². The van der Waals surface area contributed by atoms with Gasteiger partial charge in [-0.05, 0) is 52.0 Å². The maximum Gasteiger partial charge on any atom is 0.150 e. The van der Waals surface area contributed by atoms with E-state index in [9.17, 15) is 8.42 Å². The van der Waals surface area contributed by atoms with Gasteiger partial charge in [0.15, 0.2) is 0 Å². The maximum atomic E-state index is 11.5. The molecule has 1 aromatic rings. The molecule has 2 rings (SSSR count). The summed E-state index contributed by atoms with van der Waals surface area (Å²) in [6.07, 6.45) is 1.51. The van der Waals surface area contributed by atoms with E-state index in [0.29, 0.717) is 23.6 Å². The molecule has 5 heteroatoms. The predicted molar refractivity (Wildman–Crippen MR) is 91.7 cm³/mol. The second-order valence-corrected chi connectivity index (χ2v) is 8.99. The molecule has 0 N–H and O–H groups in total. The first-order valence-electron chi connectivity index (χ1n) is 7.94. The normalized spacial score (nSPS) is 20.5. The van der Waals surface area contributed by atoms with Gasteiger partial charge in [0.05, 0.1) is 11.5 Å². The molecule has 1 aromatic carbocycles. The lowest BCUT2D eigenvalue weighted by molar-refractivity contribution is 0.218. The molecule has 124 valence electrons. The van der Waals surface area contributed by atoms with Crippen LogP contribution in [0.5, 0.6) is 0 Å². The van der Waals surface area contributed by atoms with Crippen LogP contribution in [0.15, 0.2) is 24.3 Å². The molecule has 1 saturated heterocycles. The molecule has 1 heterocycles. The first-order valence-corrected chi connectivity index (χ1v) is 9.76. The summed E-state index contributed by atoms with van der Waals surface area (Å²) in [5.74, 6) is 0.666. The van der Waals surface area contributed by atoms with Gasteiger partial charge >= 0.3 is 0 Å². The quantitative estimate of drug-likeness (QED) is 0.833. The lowest BCUT2D eigenvalue weighted by Crippen LogP contribution is -2.38. The minimum absolute atomic E-state index is 0.333. The molecule has 22 heavy (non-hydrogen) atoms. The van der Waals surface area contributed by atoms with E-state index in [2.05, 4.69) is 62.1 Å². The highest BCUT2D eigenvalue weighted by Crippen LogP contribution is 2.22. The van der Waals surface area contributed by atoms with Gasteiger partial charge in [-0.15, -0.1) is 0 Å². The molecule has 1 unspecified atom stereocenters. The third-order valence-electron chi connectivity index (χ3n) is 4.79.